The summed E-state index contributed by atoms with van der Waals surface area (Å²) in [5.74, 6) is -0.502. The Morgan fingerprint density at radius 1 is 0.900 bits per heavy atom. The average Bonchev–Trinajstić information content (AvgIpc) is 2.44. The predicted octanol–water partition coefficient (Wildman–Crippen LogP) is 3.81. The van der Waals surface area contributed by atoms with E-state index in [2.05, 4.69) is 5.32 Å². The largest absolute Gasteiger partial charge is 0.386 e. The van der Waals surface area contributed by atoms with Crippen LogP contribution < -0.4 is 5.32 Å². The van der Waals surface area contributed by atoms with E-state index in [4.69, 9.17) is 23.2 Å². The molecular formula is C15H9Cl2NO2. The number of benzene rings is 2. The van der Waals surface area contributed by atoms with Crippen LogP contribution in [0.5, 0.6) is 0 Å². The maximum absolute atomic E-state index is 12.6. The van der Waals surface area contributed by atoms with Crippen molar-refractivity contribution in [3.8, 4) is 0 Å². The summed E-state index contributed by atoms with van der Waals surface area (Å²) in [4.78, 5) is 25.2. The average molecular weight is 306 g/mol. The third-order valence-electron chi connectivity index (χ3n) is 3.35. The molecule has 3 rings (SSSR count). The van der Waals surface area contributed by atoms with E-state index in [-0.39, 0.29) is 27.7 Å². The van der Waals surface area contributed by atoms with Crippen molar-refractivity contribution in [2.45, 2.75) is 0 Å². The molecule has 3 nitrogen and oxygen atoms in total. The quantitative estimate of drug-likeness (QED) is 0.743. The summed E-state index contributed by atoms with van der Waals surface area (Å²) < 4.78 is 0. The van der Waals surface area contributed by atoms with Gasteiger partial charge in [-0.05, 0) is 6.07 Å². The van der Waals surface area contributed by atoms with Gasteiger partial charge in [-0.3, -0.25) is 9.59 Å². The molecule has 0 radical (unpaired) electrons. The molecule has 2 aromatic carbocycles. The number of anilines is 1. The van der Waals surface area contributed by atoms with Crippen LogP contribution in [0, 0.1) is 0 Å². The molecule has 100 valence electrons. The molecule has 1 aliphatic carbocycles. The second kappa shape index (κ2) is 4.62. The zero-order valence-electron chi connectivity index (χ0n) is 10.5. The molecule has 0 spiro atoms. The number of nitrogens with one attached hydrogen (secondary N) is 1. The number of ketones is 2. The number of halogens is 2. The van der Waals surface area contributed by atoms with E-state index in [1.807, 2.05) is 0 Å². The van der Waals surface area contributed by atoms with Gasteiger partial charge in [0.25, 0.3) is 0 Å². The van der Waals surface area contributed by atoms with E-state index in [0.29, 0.717) is 21.8 Å². The highest BCUT2D eigenvalue weighted by Gasteiger charge is 2.34. The van der Waals surface area contributed by atoms with Gasteiger partial charge in [0.15, 0.2) is 11.6 Å². The zero-order chi connectivity index (χ0) is 14.4. The van der Waals surface area contributed by atoms with E-state index in [1.165, 1.54) is 6.07 Å². The second-order valence-corrected chi connectivity index (χ2v) is 5.23. The first-order valence-electron chi connectivity index (χ1n) is 5.94. The lowest BCUT2D eigenvalue weighted by Crippen LogP contribution is -2.22. The third kappa shape index (κ3) is 1.67. The summed E-state index contributed by atoms with van der Waals surface area (Å²) in [7, 11) is 1.65. The molecule has 0 unspecified atom stereocenters. The van der Waals surface area contributed by atoms with Gasteiger partial charge in [-0.25, -0.2) is 0 Å². The molecular weight excluding hydrogens is 297 g/mol. The highest BCUT2D eigenvalue weighted by atomic mass is 35.5. The van der Waals surface area contributed by atoms with Crippen LogP contribution in [0.25, 0.3) is 0 Å². The van der Waals surface area contributed by atoms with Crippen LogP contribution in [-0.2, 0) is 0 Å². The molecule has 5 heteroatoms. The van der Waals surface area contributed by atoms with Gasteiger partial charge in [0.1, 0.15) is 0 Å². The van der Waals surface area contributed by atoms with E-state index in [1.54, 1.807) is 31.3 Å². The van der Waals surface area contributed by atoms with Crippen molar-refractivity contribution in [2.75, 3.05) is 12.4 Å². The van der Waals surface area contributed by atoms with Gasteiger partial charge in [-0.2, -0.15) is 0 Å². The molecule has 20 heavy (non-hydrogen) atoms. The van der Waals surface area contributed by atoms with Crippen LogP contribution in [0.2, 0.25) is 10.0 Å². The van der Waals surface area contributed by atoms with Gasteiger partial charge >= 0.3 is 0 Å². The molecule has 2 aromatic rings. The smallest absolute Gasteiger partial charge is 0.196 e. The Kier molecular flexibility index (Phi) is 3.04. The topological polar surface area (TPSA) is 46.2 Å². The summed E-state index contributed by atoms with van der Waals surface area (Å²) >= 11 is 12.2. The normalized spacial score (nSPS) is 12.9. The predicted molar refractivity (Wildman–Crippen MR) is 79.3 cm³/mol. The fourth-order valence-corrected chi connectivity index (χ4v) is 3.10. The van der Waals surface area contributed by atoms with Crippen molar-refractivity contribution in [3.63, 3.8) is 0 Å². The third-order valence-corrected chi connectivity index (χ3v) is 3.95. The van der Waals surface area contributed by atoms with Crippen molar-refractivity contribution in [1.82, 2.24) is 0 Å². The summed E-state index contributed by atoms with van der Waals surface area (Å²) in [6.07, 6.45) is 0. The molecule has 0 saturated heterocycles. The Balaban J connectivity index is 2.42. The minimum absolute atomic E-state index is 0.192. The highest BCUT2D eigenvalue weighted by molar-refractivity contribution is 6.43. The monoisotopic (exact) mass is 305 g/mol. The molecule has 0 heterocycles. The molecule has 0 fully saturated rings. The summed E-state index contributed by atoms with van der Waals surface area (Å²) in [5.41, 5.74) is 1.63. The number of hydrogen-bond acceptors (Lipinski definition) is 3. The Bertz CT molecular complexity index is 769. The molecule has 0 bridgehead atoms. The first-order valence-corrected chi connectivity index (χ1v) is 6.70. The lowest BCUT2D eigenvalue weighted by Gasteiger charge is -2.21. The second-order valence-electron chi connectivity index (χ2n) is 4.42. The molecule has 0 aromatic heterocycles. The Morgan fingerprint density at radius 2 is 1.45 bits per heavy atom. The molecule has 0 saturated carbocycles. The van der Waals surface area contributed by atoms with Crippen LogP contribution in [0.1, 0.15) is 31.8 Å². The zero-order valence-corrected chi connectivity index (χ0v) is 12.0. The Hall–Kier alpha value is -1.84. The lowest BCUT2D eigenvalue weighted by atomic mass is 9.83. The van der Waals surface area contributed by atoms with E-state index < -0.39 is 0 Å². The van der Waals surface area contributed by atoms with Crippen LogP contribution in [0.3, 0.4) is 0 Å². The van der Waals surface area contributed by atoms with Crippen molar-refractivity contribution < 1.29 is 9.59 Å². The highest BCUT2D eigenvalue weighted by Crippen LogP contribution is 2.40. The fourth-order valence-electron chi connectivity index (χ4n) is 2.46. The standard InChI is InChI=1S/C15H9Cl2NO2/c1-18-13-10(17)6-9(16)11-12(13)15(20)8-5-3-2-4-7(8)14(11)19/h2-6,18H,1H3. The van der Waals surface area contributed by atoms with E-state index in [9.17, 15) is 9.59 Å². The minimum atomic E-state index is -0.256. The number of fused-ring (bicyclic) bond motifs is 2. The van der Waals surface area contributed by atoms with Gasteiger partial charge in [0.05, 0.1) is 26.9 Å². The van der Waals surface area contributed by atoms with Crippen molar-refractivity contribution in [1.29, 1.82) is 0 Å². The van der Waals surface area contributed by atoms with Gasteiger partial charge in [0, 0.05) is 18.2 Å². The summed E-state index contributed by atoms with van der Waals surface area (Å²) in [6.45, 7) is 0. The van der Waals surface area contributed by atoms with Gasteiger partial charge < -0.3 is 5.32 Å². The van der Waals surface area contributed by atoms with Crippen molar-refractivity contribution in [2.24, 2.45) is 0 Å². The van der Waals surface area contributed by atoms with Crippen molar-refractivity contribution >= 4 is 40.5 Å². The van der Waals surface area contributed by atoms with E-state index >= 15 is 0 Å². The molecule has 0 amide bonds. The van der Waals surface area contributed by atoms with Gasteiger partial charge in [0.2, 0.25) is 0 Å². The lowest BCUT2D eigenvalue weighted by molar-refractivity contribution is 0.0980. The summed E-state index contributed by atoms with van der Waals surface area (Å²) in [6, 6.07) is 8.18. The SMILES string of the molecule is CNc1c(Cl)cc(Cl)c2c1C(=O)c1ccccc1C2=O. The molecule has 0 atom stereocenters. The number of rotatable bonds is 1. The van der Waals surface area contributed by atoms with Crippen LogP contribution in [0.15, 0.2) is 30.3 Å². The van der Waals surface area contributed by atoms with Gasteiger partial charge in [-0.1, -0.05) is 47.5 Å². The van der Waals surface area contributed by atoms with Crippen LogP contribution in [-0.4, -0.2) is 18.6 Å². The fraction of sp³-hybridized carbons (Fsp3) is 0.0667. The number of carbonyl (C=O) groups is 2. The van der Waals surface area contributed by atoms with Crippen LogP contribution >= 0.6 is 23.2 Å². The molecule has 1 aliphatic rings. The summed E-state index contributed by atoms with van der Waals surface area (Å²) in [5, 5.41) is 3.38. The maximum Gasteiger partial charge on any atom is 0.196 e. The van der Waals surface area contributed by atoms with Crippen LogP contribution in [0.4, 0.5) is 5.69 Å². The number of carbonyl (C=O) groups excluding carboxylic acids is 2. The molecule has 1 N–H and O–H groups in total. The van der Waals surface area contributed by atoms with E-state index in [0.717, 1.165) is 0 Å². The first kappa shape index (κ1) is 13.2. The molecule has 0 aliphatic heterocycles. The van der Waals surface area contributed by atoms with Crippen molar-refractivity contribution in [3.05, 3.63) is 62.6 Å². The maximum atomic E-state index is 12.6. The Morgan fingerprint density at radius 3 is 2.00 bits per heavy atom. The minimum Gasteiger partial charge on any atom is -0.386 e. The van der Waals surface area contributed by atoms with Gasteiger partial charge in [-0.15, -0.1) is 0 Å². The Labute approximate surface area is 125 Å². The first-order chi connectivity index (χ1) is 9.56. The number of hydrogen-bond donors (Lipinski definition) is 1.